The van der Waals surface area contributed by atoms with Crippen LogP contribution in [-0.4, -0.2) is 54.9 Å². The van der Waals surface area contributed by atoms with Gasteiger partial charge in [-0.05, 0) is 76.9 Å². The summed E-state index contributed by atoms with van der Waals surface area (Å²) in [4.78, 5) is 18.1. The maximum Gasteiger partial charge on any atom is 0.193 e. The Labute approximate surface area is 278 Å². The summed E-state index contributed by atoms with van der Waals surface area (Å²) < 4.78 is 39.2. The third-order valence-electron chi connectivity index (χ3n) is 9.75. The lowest BCUT2D eigenvalue weighted by atomic mass is 9.71. The van der Waals surface area contributed by atoms with Gasteiger partial charge >= 0.3 is 0 Å². The van der Waals surface area contributed by atoms with Gasteiger partial charge in [0.15, 0.2) is 20.0 Å². The summed E-state index contributed by atoms with van der Waals surface area (Å²) in [6.07, 6.45) is 12.1. The number of aryl methyl sites for hydroxylation is 1. The van der Waals surface area contributed by atoms with Crippen LogP contribution in [-0.2, 0) is 18.7 Å². The molecule has 5 unspecified atom stereocenters. The number of ether oxygens (including phenoxy) is 2. The van der Waals surface area contributed by atoms with E-state index in [-0.39, 0.29) is 35.1 Å². The van der Waals surface area contributed by atoms with Crippen LogP contribution >= 0.6 is 0 Å². The number of allylic oxidation sites excluding steroid dienone is 1. The molecule has 2 heterocycles. The first kappa shape index (κ1) is 40.1. The number of aliphatic hydroxyl groups excluding tert-OH is 1. The first-order valence-electron chi connectivity index (χ1n) is 16.7. The fourth-order valence-electron chi connectivity index (χ4n) is 5.60. The Hall–Kier alpha value is -2.09. The van der Waals surface area contributed by atoms with Crippen LogP contribution in [0.4, 0.5) is 4.39 Å². The number of nitrogens with zero attached hydrogens (tertiary/aromatic N) is 1. The minimum absolute atomic E-state index is 0.0753. The second kappa shape index (κ2) is 16.3. The fourth-order valence-corrected chi connectivity index (χ4v) is 6.87. The van der Waals surface area contributed by atoms with Crippen LogP contribution in [0.1, 0.15) is 112 Å². The zero-order chi connectivity index (χ0) is 35.1. The summed E-state index contributed by atoms with van der Waals surface area (Å²) in [6, 6.07) is 0. The molecule has 0 radical (unpaired) electrons. The van der Waals surface area contributed by atoms with Gasteiger partial charge in [0, 0.05) is 19.4 Å². The Morgan fingerprint density at radius 2 is 1.96 bits per heavy atom. The van der Waals surface area contributed by atoms with E-state index in [2.05, 4.69) is 44.8 Å². The zero-order valence-electron chi connectivity index (χ0n) is 30.5. The molecule has 1 aromatic rings. The van der Waals surface area contributed by atoms with Gasteiger partial charge in [-0.15, -0.1) is 12.3 Å². The van der Waals surface area contributed by atoms with Gasteiger partial charge in [-0.1, -0.05) is 53.2 Å². The van der Waals surface area contributed by atoms with Crippen molar-refractivity contribution in [1.82, 2.24) is 4.98 Å². The molecule has 1 aliphatic rings. The summed E-state index contributed by atoms with van der Waals surface area (Å²) in [5.74, 6) is 1.06. The van der Waals surface area contributed by atoms with Crippen LogP contribution in [0.5, 0.6) is 0 Å². The number of halogens is 1. The molecule has 7 nitrogen and oxygen atoms in total. The first-order chi connectivity index (χ1) is 21.1. The molecule has 9 heteroatoms. The Bertz CT molecular complexity index is 1250. The molecular formula is C37H60FNO6Si. The van der Waals surface area contributed by atoms with E-state index in [1.165, 1.54) is 12.3 Å². The van der Waals surface area contributed by atoms with Gasteiger partial charge in [-0.3, -0.25) is 4.79 Å². The van der Waals surface area contributed by atoms with Gasteiger partial charge in [-0.2, -0.15) is 0 Å². The lowest BCUT2D eigenvalue weighted by Crippen LogP contribution is -2.52. The van der Waals surface area contributed by atoms with Crippen molar-refractivity contribution in [2.75, 3.05) is 6.61 Å². The first-order valence-corrected chi connectivity index (χ1v) is 19.6. The van der Waals surface area contributed by atoms with Crippen molar-refractivity contribution in [3.05, 3.63) is 35.3 Å². The number of hydrogen-bond donors (Lipinski definition) is 1. The lowest BCUT2D eigenvalue weighted by molar-refractivity contribution is -0.289. The third kappa shape index (κ3) is 11.3. The number of Topliss-reactive ketones (excluding diaryl/α,β-unsaturated/α-hetero) is 1. The van der Waals surface area contributed by atoms with E-state index in [9.17, 15) is 9.90 Å². The molecule has 1 aromatic heterocycles. The van der Waals surface area contributed by atoms with E-state index in [1.54, 1.807) is 6.92 Å². The molecule has 1 N–H and O–H groups in total. The van der Waals surface area contributed by atoms with Crippen LogP contribution in [0.25, 0.3) is 6.08 Å². The number of hydrogen-bond acceptors (Lipinski definition) is 7. The van der Waals surface area contributed by atoms with Crippen LogP contribution < -0.4 is 0 Å². The van der Waals surface area contributed by atoms with E-state index >= 15 is 4.39 Å². The predicted molar refractivity (Wildman–Crippen MR) is 185 cm³/mol. The predicted octanol–water partition coefficient (Wildman–Crippen LogP) is 8.96. The average Bonchev–Trinajstić information content (AvgIpc) is 3.35. The standard InChI is InChI=1S/C37H60FNO6Si/c1-14-16-29(34(41)36(8,9)32-21-22-43-37(10,11)44-32)33(40)26(3)18-15-17-25(2)19-20-31(45-46(12,13)35(5,6)7)30(38)23-28-24-42-27(4)39-28/h1,19,23-24,26,29,31-33,40H,15-18,20-22H2,2-13H3. The quantitative estimate of drug-likeness (QED) is 0.107. The van der Waals surface area contributed by atoms with Crippen LogP contribution in [0.2, 0.25) is 18.1 Å². The van der Waals surface area contributed by atoms with E-state index < -0.39 is 37.6 Å². The van der Waals surface area contributed by atoms with Crippen LogP contribution in [0, 0.1) is 36.5 Å². The summed E-state index contributed by atoms with van der Waals surface area (Å²) in [5, 5.41) is 11.3. The van der Waals surface area contributed by atoms with Gasteiger partial charge in [0.2, 0.25) is 0 Å². The minimum Gasteiger partial charge on any atom is -0.449 e. The van der Waals surface area contributed by atoms with Crippen molar-refractivity contribution in [1.29, 1.82) is 0 Å². The Morgan fingerprint density at radius 1 is 1.30 bits per heavy atom. The number of ketones is 1. The second-order valence-corrected chi connectivity index (χ2v) is 20.3. The minimum atomic E-state index is -2.26. The highest BCUT2D eigenvalue weighted by molar-refractivity contribution is 6.74. The number of carbonyl (C=O) groups excluding carboxylic acids is 1. The Morgan fingerprint density at radius 3 is 2.50 bits per heavy atom. The molecule has 0 saturated carbocycles. The largest absolute Gasteiger partial charge is 0.449 e. The molecule has 46 heavy (non-hydrogen) atoms. The Balaban J connectivity index is 2.07. The van der Waals surface area contributed by atoms with Crippen LogP contribution in [0.3, 0.4) is 0 Å². The summed E-state index contributed by atoms with van der Waals surface area (Å²) in [6.45, 7) is 24.3. The summed E-state index contributed by atoms with van der Waals surface area (Å²) in [5.41, 5.74) is 0.718. The second-order valence-electron chi connectivity index (χ2n) is 15.6. The number of carbonyl (C=O) groups is 1. The van der Waals surface area contributed by atoms with E-state index in [0.29, 0.717) is 37.5 Å². The molecule has 0 aromatic carbocycles. The van der Waals surface area contributed by atoms with E-state index in [4.69, 9.17) is 24.7 Å². The highest BCUT2D eigenvalue weighted by Gasteiger charge is 2.47. The van der Waals surface area contributed by atoms with E-state index in [0.717, 1.165) is 18.4 Å². The fraction of sp³-hybridized carbons (Fsp3) is 0.730. The summed E-state index contributed by atoms with van der Waals surface area (Å²) >= 11 is 0. The molecule has 0 aliphatic carbocycles. The van der Waals surface area contributed by atoms with Crippen molar-refractivity contribution < 1.29 is 32.6 Å². The van der Waals surface area contributed by atoms with Gasteiger partial charge < -0.3 is 23.4 Å². The topological polar surface area (TPSA) is 91.0 Å². The summed E-state index contributed by atoms with van der Waals surface area (Å²) in [7, 11) is -2.26. The molecular weight excluding hydrogens is 601 g/mol. The molecule has 2 rings (SSSR count). The molecule has 1 aliphatic heterocycles. The van der Waals surface area contributed by atoms with Crippen molar-refractivity contribution in [2.24, 2.45) is 17.3 Å². The number of terminal acetylenes is 1. The maximum absolute atomic E-state index is 15.6. The van der Waals surface area contributed by atoms with Crippen molar-refractivity contribution in [2.45, 2.75) is 150 Å². The molecule has 0 bridgehead atoms. The van der Waals surface area contributed by atoms with Gasteiger partial charge in [0.25, 0.3) is 0 Å². The smallest absolute Gasteiger partial charge is 0.193 e. The van der Waals surface area contributed by atoms with Gasteiger partial charge in [-0.25, -0.2) is 9.37 Å². The SMILES string of the molecule is C#CCC(C(=O)C(C)(C)C1CCOC(C)(C)O1)C(O)C(C)CCCC(C)=CCC(O[Si](C)(C)C(C)(C)C)C(F)=Cc1coc(C)n1. The van der Waals surface area contributed by atoms with E-state index in [1.807, 2.05) is 47.6 Å². The highest BCUT2D eigenvalue weighted by Crippen LogP contribution is 2.40. The molecule has 1 fully saturated rings. The number of aliphatic hydroxyl groups is 1. The highest BCUT2D eigenvalue weighted by atomic mass is 28.4. The molecule has 0 spiro atoms. The molecule has 260 valence electrons. The zero-order valence-corrected chi connectivity index (χ0v) is 31.5. The maximum atomic E-state index is 15.6. The van der Waals surface area contributed by atoms with Crippen molar-refractivity contribution in [3.8, 4) is 12.3 Å². The number of rotatable bonds is 16. The average molecular weight is 662 g/mol. The monoisotopic (exact) mass is 661 g/mol. The van der Waals surface area contributed by atoms with Gasteiger partial charge in [0.1, 0.15) is 29.7 Å². The van der Waals surface area contributed by atoms with Crippen LogP contribution in [0.15, 0.2) is 28.2 Å². The molecule has 5 atom stereocenters. The molecule has 1 saturated heterocycles. The van der Waals surface area contributed by atoms with Gasteiger partial charge in [0.05, 0.1) is 30.1 Å². The molecule has 0 amide bonds. The number of oxazole rings is 1. The van der Waals surface area contributed by atoms with Crippen molar-refractivity contribution in [3.63, 3.8) is 0 Å². The Kier molecular flexibility index (Phi) is 14.2. The lowest BCUT2D eigenvalue weighted by Gasteiger charge is -2.44. The third-order valence-corrected chi connectivity index (χ3v) is 14.2. The number of aromatic nitrogens is 1. The van der Waals surface area contributed by atoms with Crippen molar-refractivity contribution >= 4 is 20.2 Å². The normalized spacial score (nSPS) is 20.9.